The van der Waals surface area contributed by atoms with Crippen LogP contribution in [0.2, 0.25) is 5.02 Å². The van der Waals surface area contributed by atoms with Crippen LogP contribution in [-0.2, 0) is 11.2 Å². The Morgan fingerprint density at radius 3 is 2.50 bits per heavy atom. The maximum atomic E-state index is 11.0. The Morgan fingerprint density at radius 1 is 1.31 bits per heavy atom. The number of benzene rings is 1. The largest absolute Gasteiger partial charge is 0.327 e. The molecular weight excluding hydrogens is 245 g/mol. The van der Waals surface area contributed by atoms with Gasteiger partial charge in [-0.25, -0.2) is 0 Å². The molecule has 0 saturated carbocycles. The van der Waals surface area contributed by atoms with Gasteiger partial charge in [-0.3, -0.25) is 4.79 Å². The number of halogens is 2. The van der Waals surface area contributed by atoms with Gasteiger partial charge in [-0.2, -0.15) is 0 Å². The fourth-order valence-corrected chi connectivity index (χ4v) is 1.70. The smallest absolute Gasteiger partial charge is 0.147 e. The fraction of sp³-hybridized carbons (Fsp3) is 0.417. The van der Waals surface area contributed by atoms with Crippen LogP contribution in [0.5, 0.6) is 0 Å². The normalized spacial score (nSPS) is 12.4. The molecule has 0 aliphatic rings. The highest BCUT2D eigenvalue weighted by Gasteiger charge is 2.07. The Hall–Kier alpha value is -0.570. The van der Waals surface area contributed by atoms with Crippen molar-refractivity contribution in [3.05, 3.63) is 34.9 Å². The lowest BCUT2D eigenvalue weighted by molar-refractivity contribution is -0.116. The van der Waals surface area contributed by atoms with E-state index in [1.54, 1.807) is 0 Å². The molecule has 1 rings (SSSR count). The molecule has 88 valence electrons. The van der Waals surface area contributed by atoms with Crippen molar-refractivity contribution in [1.82, 2.24) is 0 Å². The van der Waals surface area contributed by atoms with Crippen LogP contribution in [0.3, 0.4) is 0 Å². The minimum atomic E-state index is -0.00616. The summed E-state index contributed by atoms with van der Waals surface area (Å²) in [4.78, 5) is 11.0. The topological polar surface area (TPSA) is 43.1 Å². The van der Waals surface area contributed by atoms with Gasteiger partial charge in [0, 0.05) is 17.5 Å². The lowest BCUT2D eigenvalue weighted by Crippen LogP contribution is -2.24. The number of carbonyl (C=O) groups excluding carboxylic acids is 1. The minimum Gasteiger partial charge on any atom is -0.327 e. The van der Waals surface area contributed by atoms with Crippen LogP contribution in [0.4, 0.5) is 0 Å². The fourth-order valence-electron chi connectivity index (χ4n) is 1.44. The zero-order valence-corrected chi connectivity index (χ0v) is 10.5. The van der Waals surface area contributed by atoms with Gasteiger partial charge in [-0.1, -0.05) is 23.7 Å². The van der Waals surface area contributed by atoms with E-state index >= 15 is 0 Å². The second-order valence-corrected chi connectivity index (χ2v) is 4.51. The predicted octanol–water partition coefficient (Wildman–Crippen LogP) is 2.80. The molecule has 2 N–H and O–H groups in total. The van der Waals surface area contributed by atoms with E-state index in [2.05, 4.69) is 0 Å². The van der Waals surface area contributed by atoms with Crippen LogP contribution in [0.1, 0.15) is 18.4 Å². The van der Waals surface area contributed by atoms with Gasteiger partial charge in [0.2, 0.25) is 0 Å². The molecule has 16 heavy (non-hydrogen) atoms. The molecule has 0 heterocycles. The summed E-state index contributed by atoms with van der Waals surface area (Å²) in [5.41, 5.74) is 7.05. The molecule has 1 atom stereocenters. The minimum absolute atomic E-state index is 0.00616. The number of alkyl halides is 1. The zero-order chi connectivity index (χ0) is 12.0. The molecule has 0 aromatic heterocycles. The highest BCUT2D eigenvalue weighted by Crippen LogP contribution is 2.12. The zero-order valence-electron chi connectivity index (χ0n) is 8.96. The molecule has 0 saturated heterocycles. The molecule has 0 aliphatic heterocycles. The summed E-state index contributed by atoms with van der Waals surface area (Å²) in [5.74, 6) is 0.126. The second kappa shape index (κ2) is 6.89. The molecule has 0 bridgehead atoms. The van der Waals surface area contributed by atoms with Gasteiger partial charge < -0.3 is 5.73 Å². The Bertz CT molecular complexity index is 337. The molecule has 0 radical (unpaired) electrons. The summed E-state index contributed by atoms with van der Waals surface area (Å²) in [6, 6.07) is 7.58. The van der Waals surface area contributed by atoms with Gasteiger partial charge >= 0.3 is 0 Å². The van der Waals surface area contributed by atoms with E-state index in [-0.39, 0.29) is 17.7 Å². The molecule has 1 aromatic rings. The van der Waals surface area contributed by atoms with E-state index in [1.807, 2.05) is 24.3 Å². The van der Waals surface area contributed by atoms with Crippen molar-refractivity contribution in [3.8, 4) is 0 Å². The molecular formula is C12H15Cl2NO. The van der Waals surface area contributed by atoms with E-state index in [0.29, 0.717) is 12.8 Å². The SMILES string of the molecule is NC(CCC(=O)CCl)Cc1ccc(Cl)cc1. The standard InChI is InChI=1S/C12H15Cl2NO/c13-8-12(16)6-5-11(15)7-9-1-3-10(14)4-2-9/h1-4,11H,5-8,15H2. The van der Waals surface area contributed by atoms with Crippen molar-refractivity contribution < 1.29 is 4.79 Å². The summed E-state index contributed by atoms with van der Waals surface area (Å²) in [6.07, 6.45) is 1.89. The van der Waals surface area contributed by atoms with Crippen molar-refractivity contribution in [2.24, 2.45) is 5.73 Å². The first-order valence-corrected chi connectivity index (χ1v) is 6.10. The highest BCUT2D eigenvalue weighted by atomic mass is 35.5. The highest BCUT2D eigenvalue weighted by molar-refractivity contribution is 6.30. The molecule has 1 aromatic carbocycles. The third-order valence-electron chi connectivity index (χ3n) is 2.35. The summed E-state index contributed by atoms with van der Waals surface area (Å²) >= 11 is 11.2. The third-order valence-corrected chi connectivity index (χ3v) is 2.90. The molecule has 0 amide bonds. The van der Waals surface area contributed by atoms with E-state index in [4.69, 9.17) is 28.9 Å². The van der Waals surface area contributed by atoms with E-state index in [0.717, 1.165) is 17.0 Å². The Balaban J connectivity index is 2.36. The maximum absolute atomic E-state index is 11.0. The quantitative estimate of drug-likeness (QED) is 0.799. The van der Waals surface area contributed by atoms with Crippen LogP contribution in [0.15, 0.2) is 24.3 Å². The molecule has 0 aliphatic carbocycles. The van der Waals surface area contributed by atoms with Crippen LogP contribution in [0.25, 0.3) is 0 Å². The van der Waals surface area contributed by atoms with E-state index in [1.165, 1.54) is 0 Å². The van der Waals surface area contributed by atoms with Crippen LogP contribution < -0.4 is 5.73 Å². The first-order chi connectivity index (χ1) is 7.61. The summed E-state index contributed by atoms with van der Waals surface area (Å²) < 4.78 is 0. The Morgan fingerprint density at radius 2 is 1.94 bits per heavy atom. The number of hydrogen-bond donors (Lipinski definition) is 1. The number of ketones is 1. The monoisotopic (exact) mass is 259 g/mol. The van der Waals surface area contributed by atoms with E-state index in [9.17, 15) is 4.79 Å². The first-order valence-electron chi connectivity index (χ1n) is 5.19. The average molecular weight is 260 g/mol. The molecule has 4 heteroatoms. The molecule has 1 unspecified atom stereocenters. The number of rotatable bonds is 6. The molecule has 0 fully saturated rings. The predicted molar refractivity (Wildman–Crippen MR) is 68.1 cm³/mol. The van der Waals surface area contributed by atoms with Crippen molar-refractivity contribution in [1.29, 1.82) is 0 Å². The number of hydrogen-bond acceptors (Lipinski definition) is 2. The van der Waals surface area contributed by atoms with Gasteiger partial charge in [0.05, 0.1) is 5.88 Å². The van der Waals surface area contributed by atoms with Crippen LogP contribution in [-0.4, -0.2) is 17.7 Å². The Labute approximate surface area is 106 Å². The number of nitrogens with two attached hydrogens (primary N) is 1. The first kappa shape index (κ1) is 13.5. The lowest BCUT2D eigenvalue weighted by Gasteiger charge is -2.10. The number of Topliss-reactive ketones (excluding diaryl/α,β-unsaturated/α-hetero) is 1. The van der Waals surface area contributed by atoms with Crippen LogP contribution in [0, 0.1) is 0 Å². The van der Waals surface area contributed by atoms with Gasteiger partial charge in [0.15, 0.2) is 0 Å². The lowest BCUT2D eigenvalue weighted by atomic mass is 10.0. The summed E-state index contributed by atoms with van der Waals surface area (Å²) in [7, 11) is 0. The van der Waals surface area contributed by atoms with Crippen molar-refractivity contribution in [2.75, 3.05) is 5.88 Å². The summed E-state index contributed by atoms with van der Waals surface area (Å²) in [6.45, 7) is 0. The van der Waals surface area contributed by atoms with Crippen molar-refractivity contribution >= 4 is 29.0 Å². The molecule has 0 spiro atoms. The van der Waals surface area contributed by atoms with Crippen molar-refractivity contribution in [3.63, 3.8) is 0 Å². The van der Waals surface area contributed by atoms with Crippen molar-refractivity contribution in [2.45, 2.75) is 25.3 Å². The number of carbonyl (C=O) groups is 1. The van der Waals surface area contributed by atoms with Crippen LogP contribution >= 0.6 is 23.2 Å². The van der Waals surface area contributed by atoms with Gasteiger partial charge in [-0.05, 0) is 30.5 Å². The van der Waals surface area contributed by atoms with Gasteiger partial charge in [-0.15, -0.1) is 11.6 Å². The molecule has 2 nitrogen and oxygen atoms in total. The van der Waals surface area contributed by atoms with Gasteiger partial charge in [0.25, 0.3) is 0 Å². The third kappa shape index (κ3) is 4.97. The summed E-state index contributed by atoms with van der Waals surface area (Å²) in [5, 5.41) is 0.717. The average Bonchev–Trinajstić information content (AvgIpc) is 2.29. The maximum Gasteiger partial charge on any atom is 0.147 e. The second-order valence-electron chi connectivity index (χ2n) is 3.80. The van der Waals surface area contributed by atoms with Gasteiger partial charge in [0.1, 0.15) is 5.78 Å². The van der Waals surface area contributed by atoms with E-state index < -0.39 is 0 Å². The Kier molecular flexibility index (Phi) is 5.81.